The van der Waals surface area contributed by atoms with E-state index in [4.69, 9.17) is 4.74 Å². The van der Waals surface area contributed by atoms with Crippen LogP contribution in [0, 0.1) is 11.8 Å². The molecule has 4 heterocycles. The summed E-state index contributed by atoms with van der Waals surface area (Å²) in [5.41, 5.74) is 3.50. The number of methoxy groups -OCH3 is 1. The highest BCUT2D eigenvalue weighted by Crippen LogP contribution is 2.45. The van der Waals surface area contributed by atoms with Crippen LogP contribution in [0.15, 0.2) is 42.1 Å². The molecule has 0 unspecified atom stereocenters. The van der Waals surface area contributed by atoms with Gasteiger partial charge in [-0.3, -0.25) is 9.69 Å². The molecule has 4 atom stereocenters. The fourth-order valence-corrected chi connectivity index (χ4v) is 7.07. The first-order valence-corrected chi connectivity index (χ1v) is 12.6. The summed E-state index contributed by atoms with van der Waals surface area (Å²) < 4.78 is 7.46. The van der Waals surface area contributed by atoms with E-state index in [1.54, 1.807) is 12.7 Å². The summed E-state index contributed by atoms with van der Waals surface area (Å²) in [6.45, 7) is 4.78. The van der Waals surface area contributed by atoms with Gasteiger partial charge in [0.1, 0.15) is 0 Å². The van der Waals surface area contributed by atoms with E-state index in [-0.39, 0.29) is 5.91 Å². The SMILES string of the molecule is COCCn1ccc2ccc(C(=O)N3CCCC4=C[C@H]5C[C@H](CN6CCCC[C@H]56)[C@@H]43)cc21. The lowest BCUT2D eigenvalue weighted by molar-refractivity contribution is 0.00148. The van der Waals surface area contributed by atoms with E-state index < -0.39 is 0 Å². The number of carbonyl (C=O) groups excluding carboxylic acids is 1. The molecule has 5 nitrogen and oxygen atoms in total. The predicted molar refractivity (Wildman–Crippen MR) is 127 cm³/mol. The maximum atomic E-state index is 13.8. The first kappa shape index (κ1) is 20.5. The normalized spacial score (nSPS) is 30.0. The number of aromatic nitrogens is 1. The summed E-state index contributed by atoms with van der Waals surface area (Å²) in [7, 11) is 1.73. The Bertz CT molecular complexity index is 1040. The third-order valence-corrected chi connectivity index (χ3v) is 8.48. The van der Waals surface area contributed by atoms with Crippen LogP contribution in [-0.2, 0) is 11.3 Å². The van der Waals surface area contributed by atoms with Crippen molar-refractivity contribution in [1.82, 2.24) is 14.4 Å². The summed E-state index contributed by atoms with van der Waals surface area (Å²) in [6, 6.07) is 9.39. The molecular weight excluding hydrogens is 398 g/mol. The number of ether oxygens (including phenoxy) is 1. The number of piperidine rings is 3. The summed E-state index contributed by atoms with van der Waals surface area (Å²) in [4.78, 5) is 18.8. The molecule has 1 aromatic carbocycles. The van der Waals surface area contributed by atoms with Crippen molar-refractivity contribution in [2.24, 2.45) is 11.8 Å². The van der Waals surface area contributed by atoms with Crippen molar-refractivity contribution < 1.29 is 9.53 Å². The van der Waals surface area contributed by atoms with E-state index in [0.717, 1.165) is 36.6 Å². The van der Waals surface area contributed by atoms with Crippen LogP contribution in [-0.4, -0.2) is 65.7 Å². The van der Waals surface area contributed by atoms with Gasteiger partial charge in [0.2, 0.25) is 0 Å². The van der Waals surface area contributed by atoms with Crippen LogP contribution in [0.5, 0.6) is 0 Å². The molecule has 2 aromatic rings. The Balaban J connectivity index is 1.30. The van der Waals surface area contributed by atoms with Crippen LogP contribution >= 0.6 is 0 Å². The quantitative estimate of drug-likeness (QED) is 0.674. The van der Waals surface area contributed by atoms with Crippen LogP contribution in [0.2, 0.25) is 0 Å². The topological polar surface area (TPSA) is 37.7 Å². The minimum atomic E-state index is 0.209. The largest absolute Gasteiger partial charge is 0.383 e. The van der Waals surface area contributed by atoms with Gasteiger partial charge in [0.15, 0.2) is 0 Å². The average molecular weight is 434 g/mol. The molecule has 1 aromatic heterocycles. The minimum absolute atomic E-state index is 0.209. The number of hydrogen-bond acceptors (Lipinski definition) is 3. The van der Waals surface area contributed by atoms with Gasteiger partial charge >= 0.3 is 0 Å². The predicted octanol–water partition coefficient (Wildman–Crippen LogP) is 4.32. The lowest BCUT2D eigenvalue weighted by atomic mass is 9.68. The molecule has 0 radical (unpaired) electrons. The number of nitrogens with zero attached hydrogens (tertiary/aromatic N) is 3. The summed E-state index contributed by atoms with van der Waals surface area (Å²) >= 11 is 0. The number of amides is 1. The Kier molecular flexibility index (Phi) is 5.34. The van der Waals surface area contributed by atoms with Gasteiger partial charge in [0.25, 0.3) is 5.91 Å². The summed E-state index contributed by atoms with van der Waals surface area (Å²) in [5, 5.41) is 1.18. The molecule has 1 aliphatic carbocycles. The molecule has 0 N–H and O–H groups in total. The van der Waals surface area contributed by atoms with Gasteiger partial charge in [-0.1, -0.05) is 24.1 Å². The Morgan fingerprint density at radius 2 is 2.09 bits per heavy atom. The van der Waals surface area contributed by atoms with E-state index in [1.165, 1.54) is 50.6 Å². The van der Waals surface area contributed by atoms with Gasteiger partial charge in [0, 0.05) is 50.1 Å². The Hall–Kier alpha value is -2.11. The number of hydrogen-bond donors (Lipinski definition) is 0. The van der Waals surface area contributed by atoms with Gasteiger partial charge in [-0.2, -0.15) is 0 Å². The molecule has 0 saturated carbocycles. The zero-order valence-corrected chi connectivity index (χ0v) is 19.2. The molecule has 3 aliphatic heterocycles. The maximum absolute atomic E-state index is 13.8. The van der Waals surface area contributed by atoms with Crippen molar-refractivity contribution >= 4 is 16.8 Å². The molecule has 0 spiro atoms. The standard InChI is InChI=1S/C27H35N3O2/c1-32-14-13-28-12-9-19-7-8-21(17-25(19)28)27(31)30-11-4-5-20-15-22-16-23(26(20)30)18-29-10-3-2-6-24(22)29/h7-9,12,15,17,22-24,26H,2-6,10-11,13-14,16,18H2,1H3/t22-,23+,24+,26+/m0/s1. The van der Waals surface area contributed by atoms with Crippen molar-refractivity contribution in [2.45, 2.75) is 57.2 Å². The zero-order valence-electron chi connectivity index (χ0n) is 19.2. The van der Waals surface area contributed by atoms with E-state index in [2.05, 4.69) is 44.8 Å². The highest BCUT2D eigenvalue weighted by atomic mass is 16.5. The molecule has 2 bridgehead atoms. The van der Waals surface area contributed by atoms with Crippen LogP contribution < -0.4 is 0 Å². The number of fused-ring (bicyclic) bond motifs is 7. The number of likely N-dealkylation sites (tertiary alicyclic amines) is 1. The van der Waals surface area contributed by atoms with Crippen LogP contribution in [0.1, 0.15) is 48.9 Å². The van der Waals surface area contributed by atoms with E-state index in [9.17, 15) is 4.79 Å². The molecular formula is C27H35N3O2. The molecule has 3 saturated heterocycles. The fraction of sp³-hybridized carbons (Fsp3) is 0.593. The zero-order chi connectivity index (χ0) is 21.7. The Morgan fingerprint density at radius 3 is 3.00 bits per heavy atom. The van der Waals surface area contributed by atoms with E-state index >= 15 is 0 Å². The monoisotopic (exact) mass is 433 g/mol. The minimum Gasteiger partial charge on any atom is -0.383 e. The van der Waals surface area contributed by atoms with Crippen molar-refractivity contribution in [1.29, 1.82) is 0 Å². The smallest absolute Gasteiger partial charge is 0.254 e. The molecule has 6 rings (SSSR count). The first-order chi connectivity index (χ1) is 15.7. The summed E-state index contributed by atoms with van der Waals surface area (Å²) in [6.07, 6.45) is 12.3. The molecule has 3 fully saturated rings. The lowest BCUT2D eigenvalue weighted by Gasteiger charge is -2.54. The van der Waals surface area contributed by atoms with Gasteiger partial charge < -0.3 is 14.2 Å². The molecule has 1 amide bonds. The van der Waals surface area contributed by atoms with Crippen LogP contribution in [0.3, 0.4) is 0 Å². The van der Waals surface area contributed by atoms with E-state index in [0.29, 0.717) is 24.5 Å². The second-order valence-corrected chi connectivity index (χ2v) is 10.3. The van der Waals surface area contributed by atoms with Crippen molar-refractivity contribution in [2.75, 3.05) is 33.4 Å². The number of benzene rings is 1. The molecule has 170 valence electrons. The van der Waals surface area contributed by atoms with Crippen LogP contribution in [0.4, 0.5) is 0 Å². The van der Waals surface area contributed by atoms with E-state index in [1.807, 2.05) is 6.07 Å². The van der Waals surface area contributed by atoms with Gasteiger partial charge in [-0.15, -0.1) is 0 Å². The maximum Gasteiger partial charge on any atom is 0.254 e. The van der Waals surface area contributed by atoms with Crippen molar-refractivity contribution in [3.05, 3.63) is 47.7 Å². The van der Waals surface area contributed by atoms with Gasteiger partial charge in [-0.25, -0.2) is 0 Å². The first-order valence-electron chi connectivity index (χ1n) is 12.6. The van der Waals surface area contributed by atoms with Crippen LogP contribution in [0.25, 0.3) is 10.9 Å². The van der Waals surface area contributed by atoms with Crippen molar-refractivity contribution in [3.63, 3.8) is 0 Å². The number of carbonyl (C=O) groups is 1. The second kappa shape index (κ2) is 8.35. The summed E-state index contributed by atoms with van der Waals surface area (Å²) in [5.74, 6) is 1.50. The molecule has 5 heteroatoms. The van der Waals surface area contributed by atoms with Crippen molar-refractivity contribution in [3.8, 4) is 0 Å². The fourth-order valence-electron chi connectivity index (χ4n) is 7.07. The second-order valence-electron chi connectivity index (χ2n) is 10.3. The molecule has 4 aliphatic rings. The lowest BCUT2D eigenvalue weighted by Crippen LogP contribution is -2.60. The van der Waals surface area contributed by atoms with Gasteiger partial charge in [0.05, 0.1) is 12.6 Å². The molecule has 32 heavy (non-hydrogen) atoms. The number of rotatable bonds is 4. The third-order valence-electron chi connectivity index (χ3n) is 8.48. The average Bonchev–Trinajstić information content (AvgIpc) is 3.24. The highest BCUT2D eigenvalue weighted by molar-refractivity contribution is 5.98. The third kappa shape index (κ3) is 3.41. The Morgan fingerprint density at radius 1 is 1.16 bits per heavy atom. The van der Waals surface area contributed by atoms with Gasteiger partial charge in [-0.05, 0) is 74.1 Å². The Labute approximate surface area is 191 Å². The highest BCUT2D eigenvalue weighted by Gasteiger charge is 2.47.